The zero-order valence-corrected chi connectivity index (χ0v) is 7.44. The Labute approximate surface area is 78.5 Å². The fourth-order valence-electron chi connectivity index (χ4n) is 1.58. The third-order valence-electron chi connectivity index (χ3n) is 2.29. The van der Waals surface area contributed by atoms with Crippen LogP contribution in [0.4, 0.5) is 13.2 Å². The molecule has 0 atom stereocenters. The molecule has 2 rings (SSSR count). The maximum Gasteiger partial charge on any atom is 0.416 e. The summed E-state index contributed by atoms with van der Waals surface area (Å²) in [6.07, 6.45) is -2.64. The largest absolute Gasteiger partial charge is 0.416 e. The topological polar surface area (TPSA) is 15.8 Å². The van der Waals surface area contributed by atoms with Crippen LogP contribution in [0.3, 0.4) is 0 Å². The van der Waals surface area contributed by atoms with Gasteiger partial charge < -0.3 is 4.98 Å². The first-order chi connectivity index (χ1) is 6.50. The Balaban J connectivity index is 2.74. The normalized spacial score (nSPS) is 12.3. The predicted molar refractivity (Wildman–Crippen MR) is 48.0 cm³/mol. The summed E-state index contributed by atoms with van der Waals surface area (Å²) < 4.78 is 37.4. The molecule has 0 aliphatic rings. The van der Waals surface area contributed by atoms with Crippen LogP contribution in [0, 0.1) is 6.92 Å². The molecule has 0 aliphatic carbocycles. The van der Waals surface area contributed by atoms with E-state index in [-0.39, 0.29) is 5.56 Å². The number of aryl methyl sites for hydroxylation is 1. The summed E-state index contributed by atoms with van der Waals surface area (Å²) in [7, 11) is 0. The molecule has 4 heteroatoms. The molecule has 0 saturated carbocycles. The second kappa shape index (κ2) is 2.77. The molecular formula is C10H8F3N. The van der Waals surface area contributed by atoms with Crippen LogP contribution in [0.5, 0.6) is 0 Å². The van der Waals surface area contributed by atoms with Gasteiger partial charge in [-0.2, -0.15) is 13.2 Å². The summed E-state index contributed by atoms with van der Waals surface area (Å²) in [5.74, 6) is 0. The van der Waals surface area contributed by atoms with Crippen LogP contribution < -0.4 is 0 Å². The number of nitrogens with one attached hydrogen (secondary N) is 1. The molecule has 1 N–H and O–H groups in total. The zero-order valence-electron chi connectivity index (χ0n) is 7.44. The smallest absolute Gasteiger partial charge is 0.361 e. The van der Waals surface area contributed by atoms with Crippen molar-refractivity contribution < 1.29 is 13.2 Å². The van der Waals surface area contributed by atoms with Gasteiger partial charge >= 0.3 is 6.18 Å². The van der Waals surface area contributed by atoms with E-state index in [0.29, 0.717) is 5.52 Å². The number of aromatic amines is 1. The molecule has 0 spiro atoms. The number of aromatic nitrogens is 1. The lowest BCUT2D eigenvalue weighted by atomic mass is 10.1. The highest BCUT2D eigenvalue weighted by Crippen LogP contribution is 2.34. The second-order valence-corrected chi connectivity index (χ2v) is 3.18. The highest BCUT2D eigenvalue weighted by atomic mass is 19.4. The first-order valence-electron chi connectivity index (χ1n) is 4.14. The molecule has 0 radical (unpaired) electrons. The minimum Gasteiger partial charge on any atom is -0.361 e. The maximum atomic E-state index is 12.5. The lowest BCUT2D eigenvalue weighted by molar-refractivity contribution is -0.137. The highest BCUT2D eigenvalue weighted by molar-refractivity contribution is 5.83. The number of fused-ring (bicyclic) bond motifs is 1. The Morgan fingerprint density at radius 2 is 1.86 bits per heavy atom. The van der Waals surface area contributed by atoms with Crippen LogP contribution in [-0.4, -0.2) is 4.98 Å². The van der Waals surface area contributed by atoms with Gasteiger partial charge in [0.1, 0.15) is 0 Å². The van der Waals surface area contributed by atoms with E-state index in [0.717, 1.165) is 11.5 Å². The minimum atomic E-state index is -4.27. The SMILES string of the molecule is Cc1c(C(F)(F)F)ccc2cc[nH]c12. The first-order valence-corrected chi connectivity index (χ1v) is 4.14. The molecule has 0 saturated heterocycles. The van der Waals surface area contributed by atoms with Crippen molar-refractivity contribution in [3.63, 3.8) is 0 Å². The predicted octanol–water partition coefficient (Wildman–Crippen LogP) is 3.50. The van der Waals surface area contributed by atoms with E-state index in [4.69, 9.17) is 0 Å². The van der Waals surface area contributed by atoms with Crippen LogP contribution >= 0.6 is 0 Å². The molecule has 0 unspecified atom stereocenters. The minimum absolute atomic E-state index is 0.250. The number of hydrogen-bond donors (Lipinski definition) is 1. The van der Waals surface area contributed by atoms with Crippen molar-refractivity contribution >= 4 is 10.9 Å². The van der Waals surface area contributed by atoms with Gasteiger partial charge in [0.15, 0.2) is 0 Å². The molecule has 0 aliphatic heterocycles. The summed E-state index contributed by atoms with van der Waals surface area (Å²) in [4.78, 5) is 2.80. The van der Waals surface area contributed by atoms with Crippen molar-refractivity contribution in [2.24, 2.45) is 0 Å². The molecule has 14 heavy (non-hydrogen) atoms. The number of hydrogen-bond acceptors (Lipinski definition) is 0. The number of benzene rings is 1. The average molecular weight is 199 g/mol. The number of alkyl halides is 3. The van der Waals surface area contributed by atoms with Gasteiger partial charge in [-0.25, -0.2) is 0 Å². The third-order valence-corrected chi connectivity index (χ3v) is 2.29. The number of H-pyrrole nitrogens is 1. The number of halogens is 3. The summed E-state index contributed by atoms with van der Waals surface area (Å²) in [6, 6.07) is 4.34. The van der Waals surface area contributed by atoms with Gasteiger partial charge in [0, 0.05) is 11.7 Å². The zero-order chi connectivity index (χ0) is 10.3. The molecule has 74 valence electrons. The van der Waals surface area contributed by atoms with Crippen LogP contribution in [0.2, 0.25) is 0 Å². The fraction of sp³-hybridized carbons (Fsp3) is 0.200. The van der Waals surface area contributed by atoms with Crippen molar-refractivity contribution in [3.8, 4) is 0 Å². The van der Waals surface area contributed by atoms with Gasteiger partial charge in [0.05, 0.1) is 5.56 Å². The molecule has 0 bridgehead atoms. The van der Waals surface area contributed by atoms with Crippen LogP contribution in [0.15, 0.2) is 24.4 Å². The summed E-state index contributed by atoms with van der Waals surface area (Å²) in [5, 5.41) is 0.801. The Kier molecular flexibility index (Phi) is 1.80. The highest BCUT2D eigenvalue weighted by Gasteiger charge is 2.32. The Morgan fingerprint density at radius 3 is 2.50 bits per heavy atom. The van der Waals surface area contributed by atoms with E-state index < -0.39 is 11.7 Å². The van der Waals surface area contributed by atoms with Crippen molar-refractivity contribution in [3.05, 3.63) is 35.5 Å². The van der Waals surface area contributed by atoms with Gasteiger partial charge in [-0.05, 0) is 30.0 Å². The van der Waals surface area contributed by atoms with E-state index in [1.165, 1.54) is 13.0 Å². The molecule has 1 aromatic heterocycles. The molecule has 0 amide bonds. The van der Waals surface area contributed by atoms with Crippen LogP contribution in [0.25, 0.3) is 10.9 Å². The van der Waals surface area contributed by atoms with Crippen LogP contribution in [0.1, 0.15) is 11.1 Å². The standard InChI is InChI=1S/C10H8F3N/c1-6-8(10(11,12)13)3-2-7-4-5-14-9(6)7/h2-5,14H,1H3. The Hall–Kier alpha value is -1.45. The van der Waals surface area contributed by atoms with Gasteiger partial charge in [0.2, 0.25) is 0 Å². The maximum absolute atomic E-state index is 12.5. The lowest BCUT2D eigenvalue weighted by Crippen LogP contribution is -2.07. The molecule has 1 heterocycles. The van der Waals surface area contributed by atoms with E-state index in [2.05, 4.69) is 4.98 Å². The first kappa shape index (κ1) is 9.12. The van der Waals surface area contributed by atoms with Crippen molar-refractivity contribution in [2.75, 3.05) is 0 Å². The van der Waals surface area contributed by atoms with E-state index >= 15 is 0 Å². The second-order valence-electron chi connectivity index (χ2n) is 3.18. The van der Waals surface area contributed by atoms with Gasteiger partial charge in [0.25, 0.3) is 0 Å². The van der Waals surface area contributed by atoms with Crippen molar-refractivity contribution in [1.82, 2.24) is 4.98 Å². The van der Waals surface area contributed by atoms with E-state index in [1.54, 1.807) is 12.3 Å². The average Bonchev–Trinajstić information content (AvgIpc) is 2.50. The molecular weight excluding hydrogens is 191 g/mol. The van der Waals surface area contributed by atoms with Gasteiger partial charge in [-0.3, -0.25) is 0 Å². The molecule has 1 nitrogen and oxygen atoms in total. The number of rotatable bonds is 0. The summed E-state index contributed by atoms with van der Waals surface area (Å²) in [6.45, 7) is 1.47. The summed E-state index contributed by atoms with van der Waals surface area (Å²) in [5.41, 5.74) is 0.229. The molecule has 2 aromatic rings. The fourth-order valence-corrected chi connectivity index (χ4v) is 1.58. The molecule has 1 aromatic carbocycles. The Bertz CT molecular complexity index is 468. The monoisotopic (exact) mass is 199 g/mol. The van der Waals surface area contributed by atoms with E-state index in [9.17, 15) is 13.2 Å². The quantitative estimate of drug-likeness (QED) is 0.668. The van der Waals surface area contributed by atoms with Crippen molar-refractivity contribution in [2.45, 2.75) is 13.1 Å². The third kappa shape index (κ3) is 1.27. The summed E-state index contributed by atoms with van der Waals surface area (Å²) >= 11 is 0. The van der Waals surface area contributed by atoms with Crippen molar-refractivity contribution in [1.29, 1.82) is 0 Å². The van der Waals surface area contributed by atoms with E-state index in [1.807, 2.05) is 0 Å². The Morgan fingerprint density at radius 1 is 1.14 bits per heavy atom. The van der Waals surface area contributed by atoms with Crippen LogP contribution in [-0.2, 0) is 6.18 Å². The van der Waals surface area contributed by atoms with Gasteiger partial charge in [-0.15, -0.1) is 0 Å². The lowest BCUT2D eigenvalue weighted by Gasteiger charge is -2.10. The van der Waals surface area contributed by atoms with Gasteiger partial charge in [-0.1, -0.05) is 6.07 Å². The molecule has 0 fully saturated rings.